The fraction of sp³-hybridized carbons (Fsp3) is 0.118. The average molecular weight is 343 g/mol. The highest BCUT2D eigenvalue weighted by Crippen LogP contribution is 2.12. The minimum absolute atomic E-state index is 0.0740. The Labute approximate surface area is 143 Å². The van der Waals surface area contributed by atoms with Gasteiger partial charge in [0, 0.05) is 6.08 Å². The Balaban J connectivity index is 1.73. The Morgan fingerprint density at radius 2 is 1.84 bits per heavy atom. The Morgan fingerprint density at radius 3 is 2.48 bits per heavy atom. The Morgan fingerprint density at radius 1 is 1.08 bits per heavy atom. The first-order chi connectivity index (χ1) is 12.1. The third-order valence-electron chi connectivity index (χ3n) is 3.05. The van der Waals surface area contributed by atoms with Gasteiger partial charge in [0.2, 0.25) is 0 Å². The van der Waals surface area contributed by atoms with Crippen molar-refractivity contribution in [3.8, 4) is 5.75 Å². The molecule has 0 aliphatic rings. The SMILES string of the molecule is COc1ccc(/C=C/C(=O)NNC(=O)C(=O)NCc2ccco2)cc1. The monoisotopic (exact) mass is 343 g/mol. The van der Waals surface area contributed by atoms with Gasteiger partial charge in [0.1, 0.15) is 11.5 Å². The van der Waals surface area contributed by atoms with E-state index in [2.05, 4.69) is 10.7 Å². The molecule has 0 saturated heterocycles. The standard InChI is InChI=1S/C17H17N3O5/c1-24-13-7-4-12(5-8-13)6-9-15(21)19-20-17(23)16(22)18-11-14-3-2-10-25-14/h2-10H,11H2,1H3,(H,18,22)(H,19,21)(H,20,23)/b9-6+. The summed E-state index contributed by atoms with van der Waals surface area (Å²) in [4.78, 5) is 34.7. The van der Waals surface area contributed by atoms with E-state index in [4.69, 9.17) is 9.15 Å². The van der Waals surface area contributed by atoms with Gasteiger partial charge < -0.3 is 14.5 Å². The van der Waals surface area contributed by atoms with E-state index in [0.29, 0.717) is 11.5 Å². The second kappa shape index (κ2) is 8.92. The molecule has 25 heavy (non-hydrogen) atoms. The molecule has 3 amide bonds. The van der Waals surface area contributed by atoms with Crippen LogP contribution in [0.2, 0.25) is 0 Å². The van der Waals surface area contributed by atoms with Crippen LogP contribution in [0.5, 0.6) is 5.75 Å². The van der Waals surface area contributed by atoms with Crippen molar-refractivity contribution < 1.29 is 23.5 Å². The maximum atomic E-state index is 11.6. The van der Waals surface area contributed by atoms with Crippen LogP contribution in [-0.2, 0) is 20.9 Å². The fourth-order valence-electron chi connectivity index (χ4n) is 1.76. The van der Waals surface area contributed by atoms with Gasteiger partial charge >= 0.3 is 11.8 Å². The molecule has 0 spiro atoms. The van der Waals surface area contributed by atoms with Crippen LogP contribution in [0.25, 0.3) is 6.08 Å². The van der Waals surface area contributed by atoms with Gasteiger partial charge in [0.25, 0.3) is 5.91 Å². The first kappa shape index (κ1) is 17.8. The van der Waals surface area contributed by atoms with Gasteiger partial charge in [-0.1, -0.05) is 12.1 Å². The molecule has 0 radical (unpaired) electrons. The third-order valence-corrected chi connectivity index (χ3v) is 3.05. The lowest BCUT2D eigenvalue weighted by Crippen LogP contribution is -2.47. The fourth-order valence-corrected chi connectivity index (χ4v) is 1.76. The summed E-state index contributed by atoms with van der Waals surface area (Å²) in [5, 5.41) is 2.35. The predicted molar refractivity (Wildman–Crippen MR) is 88.9 cm³/mol. The van der Waals surface area contributed by atoms with Crippen molar-refractivity contribution in [3.05, 3.63) is 60.1 Å². The smallest absolute Gasteiger partial charge is 0.327 e. The van der Waals surface area contributed by atoms with Crippen molar-refractivity contribution in [1.29, 1.82) is 0 Å². The summed E-state index contributed by atoms with van der Waals surface area (Å²) in [5.74, 6) is -1.25. The molecule has 8 nitrogen and oxygen atoms in total. The minimum atomic E-state index is -0.988. The van der Waals surface area contributed by atoms with Crippen LogP contribution in [0, 0.1) is 0 Å². The van der Waals surface area contributed by atoms with Crippen LogP contribution in [-0.4, -0.2) is 24.8 Å². The van der Waals surface area contributed by atoms with E-state index in [0.717, 1.165) is 5.56 Å². The Bertz CT molecular complexity index is 751. The van der Waals surface area contributed by atoms with Crippen molar-refractivity contribution in [3.63, 3.8) is 0 Å². The van der Waals surface area contributed by atoms with E-state index < -0.39 is 17.7 Å². The number of hydrogen-bond acceptors (Lipinski definition) is 5. The van der Waals surface area contributed by atoms with E-state index in [1.807, 2.05) is 5.43 Å². The zero-order chi connectivity index (χ0) is 18.1. The molecule has 130 valence electrons. The highest BCUT2D eigenvalue weighted by molar-refractivity contribution is 6.35. The van der Waals surface area contributed by atoms with Gasteiger partial charge in [-0.3, -0.25) is 25.2 Å². The van der Waals surface area contributed by atoms with Crippen molar-refractivity contribution in [1.82, 2.24) is 16.2 Å². The normalized spacial score (nSPS) is 10.3. The molecule has 0 unspecified atom stereocenters. The molecule has 8 heteroatoms. The topological polar surface area (TPSA) is 110 Å². The highest BCUT2D eigenvalue weighted by Gasteiger charge is 2.13. The summed E-state index contributed by atoms with van der Waals surface area (Å²) >= 11 is 0. The van der Waals surface area contributed by atoms with Gasteiger partial charge in [-0.15, -0.1) is 0 Å². The highest BCUT2D eigenvalue weighted by atomic mass is 16.5. The summed E-state index contributed by atoms with van der Waals surface area (Å²) in [5.41, 5.74) is 4.91. The molecular formula is C17H17N3O5. The van der Waals surface area contributed by atoms with E-state index in [1.165, 1.54) is 12.3 Å². The summed E-state index contributed by atoms with van der Waals surface area (Å²) in [6.07, 6.45) is 4.23. The van der Waals surface area contributed by atoms with E-state index in [9.17, 15) is 14.4 Å². The third kappa shape index (κ3) is 5.87. The number of carbonyl (C=O) groups excluding carboxylic acids is 3. The maximum Gasteiger partial charge on any atom is 0.327 e. The molecule has 2 aromatic rings. The predicted octanol–water partition coefficient (Wildman–Crippen LogP) is 0.765. The molecule has 0 aliphatic heterocycles. The number of methoxy groups -OCH3 is 1. The van der Waals surface area contributed by atoms with Gasteiger partial charge in [0.05, 0.1) is 19.9 Å². The molecule has 3 N–H and O–H groups in total. The van der Waals surface area contributed by atoms with Crippen LogP contribution < -0.4 is 20.9 Å². The van der Waals surface area contributed by atoms with Crippen LogP contribution in [0.15, 0.2) is 53.2 Å². The number of carbonyl (C=O) groups is 3. The Hall–Kier alpha value is -3.55. The van der Waals surface area contributed by atoms with E-state index in [1.54, 1.807) is 49.6 Å². The Kier molecular flexibility index (Phi) is 6.35. The molecule has 0 fully saturated rings. The summed E-state index contributed by atoms with van der Waals surface area (Å²) in [6.45, 7) is 0.0740. The number of benzene rings is 1. The number of hydrogen-bond donors (Lipinski definition) is 3. The summed E-state index contributed by atoms with van der Waals surface area (Å²) in [6, 6.07) is 10.4. The van der Waals surface area contributed by atoms with Gasteiger partial charge in [0.15, 0.2) is 0 Å². The largest absolute Gasteiger partial charge is 0.497 e. The molecule has 0 bridgehead atoms. The number of hydrazine groups is 1. The van der Waals surface area contributed by atoms with Crippen LogP contribution in [0.4, 0.5) is 0 Å². The maximum absolute atomic E-state index is 11.6. The van der Waals surface area contributed by atoms with Crippen LogP contribution in [0.1, 0.15) is 11.3 Å². The lowest BCUT2D eigenvalue weighted by Gasteiger charge is -2.05. The number of nitrogens with one attached hydrogen (secondary N) is 3. The van der Waals surface area contributed by atoms with Crippen molar-refractivity contribution in [2.24, 2.45) is 0 Å². The molecule has 1 aromatic heterocycles. The lowest BCUT2D eigenvalue weighted by atomic mass is 10.2. The number of ether oxygens (including phenoxy) is 1. The van der Waals surface area contributed by atoms with E-state index >= 15 is 0 Å². The molecule has 2 rings (SSSR count). The molecule has 0 aliphatic carbocycles. The lowest BCUT2D eigenvalue weighted by molar-refractivity contribution is -0.140. The minimum Gasteiger partial charge on any atom is -0.497 e. The van der Waals surface area contributed by atoms with Gasteiger partial charge in [-0.25, -0.2) is 0 Å². The van der Waals surface area contributed by atoms with Crippen molar-refractivity contribution in [2.45, 2.75) is 6.54 Å². The summed E-state index contributed by atoms with van der Waals surface area (Å²) in [7, 11) is 1.56. The van der Waals surface area contributed by atoms with Gasteiger partial charge in [-0.05, 0) is 35.9 Å². The first-order valence-electron chi connectivity index (χ1n) is 7.31. The molecule has 1 heterocycles. The molecule has 1 aromatic carbocycles. The van der Waals surface area contributed by atoms with Crippen LogP contribution in [0.3, 0.4) is 0 Å². The first-order valence-corrected chi connectivity index (χ1v) is 7.31. The van der Waals surface area contributed by atoms with Crippen LogP contribution >= 0.6 is 0 Å². The van der Waals surface area contributed by atoms with Crippen molar-refractivity contribution in [2.75, 3.05) is 7.11 Å². The second-order valence-corrected chi connectivity index (χ2v) is 4.81. The number of amides is 3. The van der Waals surface area contributed by atoms with E-state index in [-0.39, 0.29) is 6.54 Å². The molecule has 0 saturated carbocycles. The zero-order valence-corrected chi connectivity index (χ0v) is 13.4. The number of rotatable bonds is 5. The van der Waals surface area contributed by atoms with Gasteiger partial charge in [-0.2, -0.15) is 0 Å². The second-order valence-electron chi connectivity index (χ2n) is 4.81. The molecule has 0 atom stereocenters. The zero-order valence-electron chi connectivity index (χ0n) is 13.4. The van der Waals surface area contributed by atoms with Crippen molar-refractivity contribution >= 4 is 23.8 Å². The number of furan rings is 1. The summed E-state index contributed by atoms with van der Waals surface area (Å²) < 4.78 is 10.0. The quantitative estimate of drug-likeness (QED) is 0.422. The average Bonchev–Trinajstić information content (AvgIpc) is 3.16. The molecular weight excluding hydrogens is 326 g/mol.